The van der Waals surface area contributed by atoms with E-state index in [0.29, 0.717) is 29.6 Å². The SMILES string of the molecule is COc1ccccc1C(=O)N[C@H](Cc1ccccc1)c1nnc(N2CCCC2)o1. The highest BCUT2D eigenvalue weighted by molar-refractivity contribution is 5.97. The standard InChI is InChI=1S/C22H24N4O3/c1-28-19-12-6-5-11-17(19)20(27)23-18(15-16-9-3-2-4-10-16)21-24-25-22(29-21)26-13-7-8-14-26/h2-6,9-12,18H,7-8,13-15H2,1H3,(H,23,27)/t18-/m1/s1. The first-order valence-corrected chi connectivity index (χ1v) is 9.81. The monoisotopic (exact) mass is 392 g/mol. The van der Waals surface area contributed by atoms with Crippen LogP contribution in [0.2, 0.25) is 0 Å². The van der Waals surface area contributed by atoms with E-state index >= 15 is 0 Å². The molecule has 4 rings (SSSR count). The lowest BCUT2D eigenvalue weighted by Crippen LogP contribution is -2.30. The van der Waals surface area contributed by atoms with E-state index in [1.54, 1.807) is 19.2 Å². The number of anilines is 1. The predicted molar refractivity (Wildman–Crippen MR) is 109 cm³/mol. The van der Waals surface area contributed by atoms with Gasteiger partial charge >= 0.3 is 6.01 Å². The van der Waals surface area contributed by atoms with E-state index in [1.807, 2.05) is 42.5 Å². The first kappa shape index (κ1) is 19.0. The second kappa shape index (κ2) is 8.77. The van der Waals surface area contributed by atoms with Crippen molar-refractivity contribution in [3.63, 3.8) is 0 Å². The number of nitrogens with one attached hydrogen (secondary N) is 1. The van der Waals surface area contributed by atoms with E-state index in [1.165, 1.54) is 0 Å². The fraction of sp³-hybridized carbons (Fsp3) is 0.318. The third kappa shape index (κ3) is 4.39. The molecule has 0 radical (unpaired) electrons. The Morgan fingerprint density at radius 3 is 2.59 bits per heavy atom. The van der Waals surface area contributed by atoms with Crippen LogP contribution in [0.25, 0.3) is 0 Å². The molecule has 1 N–H and O–H groups in total. The molecule has 1 atom stereocenters. The van der Waals surface area contributed by atoms with Crippen molar-refractivity contribution in [1.82, 2.24) is 15.5 Å². The van der Waals surface area contributed by atoms with Crippen LogP contribution in [0.4, 0.5) is 6.01 Å². The molecule has 0 unspecified atom stereocenters. The molecular formula is C22H24N4O3. The van der Waals surface area contributed by atoms with Crippen molar-refractivity contribution in [3.8, 4) is 5.75 Å². The van der Waals surface area contributed by atoms with Crippen molar-refractivity contribution >= 4 is 11.9 Å². The number of hydrogen-bond donors (Lipinski definition) is 1. The van der Waals surface area contributed by atoms with E-state index in [0.717, 1.165) is 31.5 Å². The van der Waals surface area contributed by atoms with Gasteiger partial charge in [0.2, 0.25) is 5.89 Å². The molecule has 1 saturated heterocycles. The Bertz CT molecular complexity index is 951. The summed E-state index contributed by atoms with van der Waals surface area (Å²) in [6.45, 7) is 1.83. The van der Waals surface area contributed by atoms with Crippen molar-refractivity contribution in [3.05, 3.63) is 71.6 Å². The number of ether oxygens (including phenoxy) is 1. The Morgan fingerprint density at radius 1 is 1.10 bits per heavy atom. The Balaban J connectivity index is 1.59. The molecule has 1 aliphatic rings. The molecule has 2 heterocycles. The molecule has 1 aromatic heterocycles. The lowest BCUT2D eigenvalue weighted by Gasteiger charge is -2.17. The van der Waals surface area contributed by atoms with Crippen LogP contribution < -0.4 is 15.0 Å². The Hall–Kier alpha value is -3.35. The molecule has 0 spiro atoms. The molecule has 7 nitrogen and oxygen atoms in total. The molecule has 150 valence electrons. The van der Waals surface area contributed by atoms with Gasteiger partial charge in [0, 0.05) is 19.5 Å². The molecule has 2 aromatic carbocycles. The summed E-state index contributed by atoms with van der Waals surface area (Å²) in [5, 5.41) is 11.5. The fourth-order valence-corrected chi connectivity index (χ4v) is 3.52. The predicted octanol–water partition coefficient (Wildman–Crippen LogP) is 3.39. The van der Waals surface area contributed by atoms with E-state index in [2.05, 4.69) is 20.4 Å². The molecule has 0 aliphatic carbocycles. The maximum absolute atomic E-state index is 13.0. The van der Waals surface area contributed by atoms with E-state index in [9.17, 15) is 4.79 Å². The maximum Gasteiger partial charge on any atom is 0.318 e. The van der Waals surface area contributed by atoms with Gasteiger partial charge in [-0.2, -0.15) is 0 Å². The van der Waals surface area contributed by atoms with Crippen LogP contribution >= 0.6 is 0 Å². The second-order valence-electron chi connectivity index (χ2n) is 7.03. The van der Waals surface area contributed by atoms with Crippen LogP contribution in [0.5, 0.6) is 5.75 Å². The number of aromatic nitrogens is 2. The molecule has 0 saturated carbocycles. The minimum atomic E-state index is -0.446. The zero-order chi connectivity index (χ0) is 20.1. The number of hydrogen-bond acceptors (Lipinski definition) is 6. The minimum Gasteiger partial charge on any atom is -0.496 e. The first-order chi connectivity index (χ1) is 14.2. The van der Waals surface area contributed by atoms with Gasteiger partial charge in [0.15, 0.2) is 0 Å². The molecule has 29 heavy (non-hydrogen) atoms. The van der Waals surface area contributed by atoms with Crippen LogP contribution in [0.3, 0.4) is 0 Å². The van der Waals surface area contributed by atoms with Gasteiger partial charge in [0.25, 0.3) is 5.91 Å². The largest absolute Gasteiger partial charge is 0.496 e. The van der Waals surface area contributed by atoms with Gasteiger partial charge in [0.1, 0.15) is 11.8 Å². The van der Waals surface area contributed by atoms with E-state index in [4.69, 9.17) is 9.15 Å². The molecule has 1 aliphatic heterocycles. The summed E-state index contributed by atoms with van der Waals surface area (Å²) in [5.41, 5.74) is 1.53. The summed E-state index contributed by atoms with van der Waals surface area (Å²) in [4.78, 5) is 15.1. The van der Waals surface area contributed by atoms with Gasteiger partial charge in [-0.05, 0) is 30.5 Å². The number of para-hydroxylation sites is 1. The zero-order valence-electron chi connectivity index (χ0n) is 16.4. The number of methoxy groups -OCH3 is 1. The van der Waals surface area contributed by atoms with Crippen LogP contribution in [0, 0.1) is 0 Å². The number of nitrogens with zero attached hydrogens (tertiary/aromatic N) is 3. The summed E-state index contributed by atoms with van der Waals surface area (Å²) in [5.74, 6) is 0.676. The Kier molecular flexibility index (Phi) is 5.74. The van der Waals surface area contributed by atoms with Gasteiger partial charge in [-0.15, -0.1) is 5.10 Å². The fourth-order valence-electron chi connectivity index (χ4n) is 3.52. The lowest BCUT2D eigenvalue weighted by atomic mass is 10.1. The summed E-state index contributed by atoms with van der Waals surface area (Å²) in [6, 6.07) is 17.1. The van der Waals surface area contributed by atoms with Crippen molar-refractivity contribution in [2.45, 2.75) is 25.3 Å². The average molecular weight is 392 g/mol. The molecule has 7 heteroatoms. The number of amides is 1. The summed E-state index contributed by atoms with van der Waals surface area (Å²) >= 11 is 0. The van der Waals surface area contributed by atoms with Gasteiger partial charge < -0.3 is 19.4 Å². The van der Waals surface area contributed by atoms with Crippen molar-refractivity contribution in [1.29, 1.82) is 0 Å². The average Bonchev–Trinajstić information content (AvgIpc) is 3.46. The van der Waals surface area contributed by atoms with E-state index in [-0.39, 0.29) is 5.91 Å². The first-order valence-electron chi connectivity index (χ1n) is 9.81. The number of carbonyl (C=O) groups is 1. The summed E-state index contributed by atoms with van der Waals surface area (Å²) < 4.78 is 11.3. The third-order valence-corrected chi connectivity index (χ3v) is 5.04. The number of rotatable bonds is 7. The highest BCUT2D eigenvalue weighted by atomic mass is 16.5. The van der Waals surface area contributed by atoms with Gasteiger partial charge in [0.05, 0.1) is 12.7 Å². The second-order valence-corrected chi connectivity index (χ2v) is 7.03. The molecule has 1 amide bonds. The van der Waals surface area contributed by atoms with Gasteiger partial charge in [-0.1, -0.05) is 47.6 Å². The summed E-state index contributed by atoms with van der Waals surface area (Å²) in [6.07, 6.45) is 2.79. The molecule has 0 bridgehead atoms. The minimum absolute atomic E-state index is 0.246. The van der Waals surface area contributed by atoms with Gasteiger partial charge in [-0.3, -0.25) is 4.79 Å². The maximum atomic E-state index is 13.0. The highest BCUT2D eigenvalue weighted by Gasteiger charge is 2.26. The topological polar surface area (TPSA) is 80.5 Å². The van der Waals surface area contributed by atoms with Crippen LogP contribution in [0.15, 0.2) is 59.0 Å². The Morgan fingerprint density at radius 2 is 1.83 bits per heavy atom. The Labute approximate surface area is 169 Å². The third-order valence-electron chi connectivity index (χ3n) is 5.04. The van der Waals surface area contributed by atoms with Crippen LogP contribution in [-0.2, 0) is 6.42 Å². The summed E-state index contributed by atoms with van der Waals surface area (Å²) in [7, 11) is 1.55. The molecule has 1 fully saturated rings. The zero-order valence-corrected chi connectivity index (χ0v) is 16.4. The van der Waals surface area contributed by atoms with E-state index < -0.39 is 6.04 Å². The quantitative estimate of drug-likeness (QED) is 0.664. The molecule has 3 aromatic rings. The van der Waals surface area contributed by atoms with Crippen molar-refractivity contribution in [2.75, 3.05) is 25.1 Å². The van der Waals surface area contributed by atoms with Crippen molar-refractivity contribution in [2.24, 2.45) is 0 Å². The van der Waals surface area contributed by atoms with Gasteiger partial charge in [-0.25, -0.2) is 0 Å². The molecular weight excluding hydrogens is 368 g/mol. The number of carbonyl (C=O) groups excluding carboxylic acids is 1. The van der Waals surface area contributed by atoms with Crippen molar-refractivity contribution < 1.29 is 13.9 Å². The number of benzene rings is 2. The normalized spacial score (nSPS) is 14.6. The van der Waals surface area contributed by atoms with Crippen LogP contribution in [-0.4, -0.2) is 36.3 Å². The highest BCUT2D eigenvalue weighted by Crippen LogP contribution is 2.25. The van der Waals surface area contributed by atoms with Crippen LogP contribution in [0.1, 0.15) is 40.7 Å². The lowest BCUT2D eigenvalue weighted by molar-refractivity contribution is 0.0927. The smallest absolute Gasteiger partial charge is 0.318 e.